The van der Waals surface area contributed by atoms with Crippen LogP contribution in [0.5, 0.6) is 0 Å². The van der Waals surface area contributed by atoms with Gasteiger partial charge in [-0.25, -0.2) is 15.8 Å². The van der Waals surface area contributed by atoms with E-state index in [1.54, 1.807) is 0 Å². The molecular weight excluding hydrogens is 216 g/mol. The third-order valence-electron chi connectivity index (χ3n) is 3.04. The molecule has 0 saturated carbocycles. The molecule has 94 valence electrons. The molecular formula is C12H20N4O. The van der Waals surface area contributed by atoms with Crippen molar-refractivity contribution >= 4 is 5.82 Å². The highest BCUT2D eigenvalue weighted by Crippen LogP contribution is 2.25. The molecule has 0 bridgehead atoms. The molecule has 5 heteroatoms. The van der Waals surface area contributed by atoms with Gasteiger partial charge < -0.3 is 10.2 Å². The fourth-order valence-electron chi connectivity index (χ4n) is 2.11. The van der Waals surface area contributed by atoms with Gasteiger partial charge in [-0.2, -0.15) is 0 Å². The Kier molecular flexibility index (Phi) is 4.28. The second-order valence-corrected chi connectivity index (χ2v) is 4.38. The molecule has 2 heterocycles. The summed E-state index contributed by atoms with van der Waals surface area (Å²) in [6, 6.07) is 1.92. The molecule has 1 aliphatic heterocycles. The maximum atomic E-state index is 5.45. The number of nitrogens with one attached hydrogen (secondary N) is 1. The number of hydrogen-bond acceptors (Lipinski definition) is 5. The van der Waals surface area contributed by atoms with E-state index in [9.17, 15) is 0 Å². The average Bonchev–Trinajstić information content (AvgIpc) is 2.40. The second kappa shape index (κ2) is 5.93. The number of aromatic nitrogens is 2. The summed E-state index contributed by atoms with van der Waals surface area (Å²) < 4.78 is 5.36. The topological polar surface area (TPSA) is 73.1 Å². The van der Waals surface area contributed by atoms with Crippen LogP contribution in [0, 0.1) is 0 Å². The lowest BCUT2D eigenvalue weighted by Gasteiger charge is -2.21. The molecule has 1 aromatic rings. The monoisotopic (exact) mass is 236 g/mol. The number of nitrogen functional groups attached to an aromatic ring is 1. The quantitative estimate of drug-likeness (QED) is 0.613. The van der Waals surface area contributed by atoms with E-state index < -0.39 is 0 Å². The average molecular weight is 236 g/mol. The number of anilines is 1. The number of rotatable bonds is 4. The van der Waals surface area contributed by atoms with Crippen LogP contribution in [-0.2, 0) is 11.2 Å². The fraction of sp³-hybridized carbons (Fsp3) is 0.667. The van der Waals surface area contributed by atoms with Crippen LogP contribution in [0.1, 0.15) is 43.6 Å². The van der Waals surface area contributed by atoms with Crippen molar-refractivity contribution in [1.29, 1.82) is 0 Å². The maximum absolute atomic E-state index is 5.45. The highest BCUT2D eigenvalue weighted by Gasteiger charge is 2.19. The van der Waals surface area contributed by atoms with Crippen molar-refractivity contribution < 1.29 is 4.74 Å². The second-order valence-electron chi connectivity index (χ2n) is 4.38. The first-order valence-corrected chi connectivity index (χ1v) is 6.25. The summed E-state index contributed by atoms with van der Waals surface area (Å²) in [6.07, 6.45) is 4.04. The van der Waals surface area contributed by atoms with Crippen molar-refractivity contribution in [3.63, 3.8) is 0 Å². The van der Waals surface area contributed by atoms with Crippen LogP contribution in [0.3, 0.4) is 0 Å². The van der Waals surface area contributed by atoms with Crippen molar-refractivity contribution in [1.82, 2.24) is 9.97 Å². The predicted octanol–water partition coefficient (Wildman–Crippen LogP) is 1.61. The highest BCUT2D eigenvalue weighted by molar-refractivity contribution is 5.35. The van der Waals surface area contributed by atoms with E-state index in [1.807, 2.05) is 6.07 Å². The van der Waals surface area contributed by atoms with Gasteiger partial charge in [-0.1, -0.05) is 13.3 Å². The van der Waals surface area contributed by atoms with Gasteiger partial charge in [-0.05, 0) is 19.3 Å². The van der Waals surface area contributed by atoms with Crippen molar-refractivity contribution in [3.8, 4) is 0 Å². The standard InChI is InChI=1S/C12H20N4O/c1-2-3-10-8-11(16-13)15-12(14-10)9-4-6-17-7-5-9/h8-9H,2-7,13H2,1H3,(H,14,15,16). The van der Waals surface area contributed by atoms with Gasteiger partial charge in [0.2, 0.25) is 0 Å². The number of aryl methyl sites for hydroxylation is 1. The zero-order valence-corrected chi connectivity index (χ0v) is 10.3. The molecule has 1 saturated heterocycles. The molecule has 0 radical (unpaired) electrons. The Bertz CT molecular complexity index is 364. The zero-order chi connectivity index (χ0) is 12.1. The number of ether oxygens (including phenoxy) is 1. The number of nitrogens with two attached hydrogens (primary N) is 1. The highest BCUT2D eigenvalue weighted by atomic mass is 16.5. The molecule has 0 atom stereocenters. The van der Waals surface area contributed by atoms with Gasteiger partial charge in [0.05, 0.1) is 0 Å². The van der Waals surface area contributed by atoms with E-state index in [4.69, 9.17) is 10.6 Å². The van der Waals surface area contributed by atoms with Gasteiger partial charge >= 0.3 is 0 Å². The number of nitrogens with zero attached hydrogens (tertiary/aromatic N) is 2. The Morgan fingerprint density at radius 2 is 2.18 bits per heavy atom. The molecule has 1 aromatic heterocycles. The van der Waals surface area contributed by atoms with Crippen LogP contribution in [0.2, 0.25) is 0 Å². The zero-order valence-electron chi connectivity index (χ0n) is 10.3. The van der Waals surface area contributed by atoms with Gasteiger partial charge in [0.1, 0.15) is 11.6 Å². The Hall–Kier alpha value is -1.20. The molecule has 3 N–H and O–H groups in total. The normalized spacial score (nSPS) is 17.1. The van der Waals surface area contributed by atoms with Crippen molar-refractivity contribution in [3.05, 3.63) is 17.6 Å². The van der Waals surface area contributed by atoms with Crippen LogP contribution in [0.4, 0.5) is 5.82 Å². The summed E-state index contributed by atoms with van der Waals surface area (Å²) in [5, 5.41) is 0. The molecule has 5 nitrogen and oxygen atoms in total. The largest absolute Gasteiger partial charge is 0.381 e. The van der Waals surface area contributed by atoms with Crippen molar-refractivity contribution in [2.45, 2.75) is 38.5 Å². The van der Waals surface area contributed by atoms with Crippen LogP contribution < -0.4 is 11.3 Å². The third kappa shape index (κ3) is 3.14. The lowest BCUT2D eigenvalue weighted by Crippen LogP contribution is -2.18. The van der Waals surface area contributed by atoms with Gasteiger partial charge in [0, 0.05) is 30.9 Å². The minimum Gasteiger partial charge on any atom is -0.381 e. The van der Waals surface area contributed by atoms with Crippen LogP contribution >= 0.6 is 0 Å². The van der Waals surface area contributed by atoms with E-state index in [2.05, 4.69) is 22.3 Å². The first-order chi connectivity index (χ1) is 8.33. The van der Waals surface area contributed by atoms with Crippen LogP contribution in [0.25, 0.3) is 0 Å². The fourth-order valence-corrected chi connectivity index (χ4v) is 2.11. The van der Waals surface area contributed by atoms with E-state index in [1.165, 1.54) is 0 Å². The SMILES string of the molecule is CCCc1cc(NN)nc(C2CCOCC2)n1. The molecule has 0 aromatic carbocycles. The Balaban J connectivity index is 2.21. The molecule has 17 heavy (non-hydrogen) atoms. The van der Waals surface area contributed by atoms with E-state index in [0.29, 0.717) is 11.7 Å². The minimum atomic E-state index is 0.410. The summed E-state index contributed by atoms with van der Waals surface area (Å²) in [5.74, 6) is 7.48. The lowest BCUT2D eigenvalue weighted by atomic mass is 9.99. The minimum absolute atomic E-state index is 0.410. The summed E-state index contributed by atoms with van der Waals surface area (Å²) in [7, 11) is 0. The first kappa shape index (κ1) is 12.3. The molecule has 0 unspecified atom stereocenters. The summed E-state index contributed by atoms with van der Waals surface area (Å²) >= 11 is 0. The maximum Gasteiger partial charge on any atom is 0.143 e. The van der Waals surface area contributed by atoms with Gasteiger partial charge in [0.15, 0.2) is 0 Å². The van der Waals surface area contributed by atoms with Crippen LogP contribution in [0.15, 0.2) is 6.07 Å². The molecule has 1 aliphatic rings. The smallest absolute Gasteiger partial charge is 0.143 e. The van der Waals surface area contributed by atoms with Crippen molar-refractivity contribution in [2.75, 3.05) is 18.6 Å². The molecule has 0 amide bonds. The van der Waals surface area contributed by atoms with E-state index in [0.717, 1.165) is 50.4 Å². The number of hydrogen-bond donors (Lipinski definition) is 2. The summed E-state index contributed by atoms with van der Waals surface area (Å²) in [6.45, 7) is 3.75. The van der Waals surface area contributed by atoms with Crippen molar-refractivity contribution in [2.24, 2.45) is 5.84 Å². The van der Waals surface area contributed by atoms with E-state index >= 15 is 0 Å². The first-order valence-electron chi connectivity index (χ1n) is 6.25. The Morgan fingerprint density at radius 3 is 2.82 bits per heavy atom. The molecule has 0 aliphatic carbocycles. The Labute approximate surface area is 102 Å². The third-order valence-corrected chi connectivity index (χ3v) is 3.04. The number of hydrazine groups is 1. The van der Waals surface area contributed by atoms with Gasteiger partial charge in [-0.15, -0.1) is 0 Å². The lowest BCUT2D eigenvalue weighted by molar-refractivity contribution is 0.0835. The van der Waals surface area contributed by atoms with Crippen LogP contribution in [-0.4, -0.2) is 23.2 Å². The summed E-state index contributed by atoms with van der Waals surface area (Å²) in [5.41, 5.74) is 3.69. The van der Waals surface area contributed by atoms with Gasteiger partial charge in [0.25, 0.3) is 0 Å². The molecule has 0 spiro atoms. The van der Waals surface area contributed by atoms with E-state index in [-0.39, 0.29) is 0 Å². The molecule has 1 fully saturated rings. The Morgan fingerprint density at radius 1 is 1.41 bits per heavy atom. The summed E-state index contributed by atoms with van der Waals surface area (Å²) in [4.78, 5) is 9.09. The van der Waals surface area contributed by atoms with Gasteiger partial charge in [-0.3, -0.25) is 0 Å². The molecule has 2 rings (SSSR count). The predicted molar refractivity (Wildman–Crippen MR) is 66.6 cm³/mol.